The van der Waals surface area contributed by atoms with E-state index < -0.39 is 17.3 Å². The lowest BCUT2D eigenvalue weighted by Crippen LogP contribution is -2.39. The third-order valence-electron chi connectivity index (χ3n) is 6.80. The summed E-state index contributed by atoms with van der Waals surface area (Å²) >= 11 is 0. The first-order valence-electron chi connectivity index (χ1n) is 12.0. The Morgan fingerprint density at radius 1 is 1.11 bits per heavy atom. The molecule has 0 bridgehead atoms. The molecule has 1 aliphatic carbocycles. The monoisotopic (exact) mass is 500 g/mol. The van der Waals surface area contributed by atoms with Gasteiger partial charge < -0.3 is 19.7 Å². The molecule has 36 heavy (non-hydrogen) atoms. The Bertz CT molecular complexity index is 1110. The van der Waals surface area contributed by atoms with Gasteiger partial charge in [-0.3, -0.25) is 4.79 Å². The number of aldehydes is 1. The van der Waals surface area contributed by atoms with Crippen molar-refractivity contribution in [3.63, 3.8) is 0 Å². The Morgan fingerprint density at radius 3 is 2.42 bits per heavy atom. The second kappa shape index (κ2) is 11.0. The molecule has 0 spiro atoms. The minimum Gasteiger partial charge on any atom is -0.490 e. The Labute approximate surface area is 207 Å². The third kappa shape index (κ3) is 6.14. The summed E-state index contributed by atoms with van der Waals surface area (Å²) in [7, 11) is 0. The van der Waals surface area contributed by atoms with E-state index in [0.29, 0.717) is 31.2 Å². The van der Waals surface area contributed by atoms with Crippen molar-refractivity contribution in [1.29, 1.82) is 5.26 Å². The highest BCUT2D eigenvalue weighted by Crippen LogP contribution is 2.35. The Morgan fingerprint density at radius 2 is 1.83 bits per heavy atom. The molecule has 4 rings (SSSR count). The molecule has 2 fully saturated rings. The number of aromatic nitrogens is 1. The summed E-state index contributed by atoms with van der Waals surface area (Å²) < 4.78 is 45.3. The van der Waals surface area contributed by atoms with Gasteiger partial charge in [-0.15, -0.1) is 0 Å². The predicted octanol–water partition coefficient (Wildman–Crippen LogP) is 4.51. The number of carbonyl (C=O) groups excluding carboxylic acids is 2. The number of anilines is 1. The number of nitrogens with zero attached hydrogens (tertiary/aromatic N) is 3. The highest BCUT2D eigenvalue weighted by molar-refractivity contribution is 5.94. The van der Waals surface area contributed by atoms with E-state index in [1.54, 1.807) is 18.3 Å². The average Bonchev–Trinajstić information content (AvgIpc) is 2.89. The summed E-state index contributed by atoms with van der Waals surface area (Å²) in [4.78, 5) is 30.1. The number of carbonyl (C=O) groups is 2. The zero-order valence-electron chi connectivity index (χ0n) is 19.6. The number of nitriles is 1. The van der Waals surface area contributed by atoms with Crippen LogP contribution in [0.5, 0.6) is 5.75 Å². The van der Waals surface area contributed by atoms with Crippen LogP contribution in [-0.4, -0.2) is 42.4 Å². The van der Waals surface area contributed by atoms with Crippen LogP contribution in [0.25, 0.3) is 0 Å². The molecular weight excluding hydrogens is 473 g/mol. The number of amides is 1. The normalized spacial score (nSPS) is 20.9. The molecule has 1 amide bonds. The van der Waals surface area contributed by atoms with Gasteiger partial charge in [0, 0.05) is 31.2 Å². The van der Waals surface area contributed by atoms with E-state index in [-0.39, 0.29) is 29.7 Å². The van der Waals surface area contributed by atoms with Crippen molar-refractivity contribution >= 4 is 18.0 Å². The minimum atomic E-state index is -4.63. The Kier molecular flexibility index (Phi) is 7.77. The van der Waals surface area contributed by atoms with Crippen LogP contribution < -0.4 is 15.0 Å². The van der Waals surface area contributed by atoms with Crippen LogP contribution >= 0.6 is 0 Å². The molecule has 1 aromatic heterocycles. The number of ether oxygens (including phenoxy) is 1. The van der Waals surface area contributed by atoms with Gasteiger partial charge in [-0.2, -0.15) is 18.4 Å². The first kappa shape index (κ1) is 25.5. The van der Waals surface area contributed by atoms with Crippen molar-refractivity contribution < 1.29 is 27.5 Å². The SMILES string of the molecule is N#Cc1ccc(OC2CCC(NC(=O)c3ccc(N4CCC(C=O)CC4)nc3)CC2)cc1C(F)(F)F. The van der Waals surface area contributed by atoms with Crippen LogP contribution in [0.4, 0.5) is 19.0 Å². The standard InChI is InChI=1S/C26H27F3N4O3/c27-26(28,29)23-13-22(5-1-18(23)14-30)36-21-6-3-20(4-7-21)32-25(35)19-2-8-24(31-15-19)33-11-9-17(16-34)10-12-33/h1-2,5,8,13,15-17,20-21H,3-4,6-7,9-12H2,(H,32,35). The van der Waals surface area contributed by atoms with Gasteiger partial charge in [-0.05, 0) is 68.9 Å². The molecule has 1 saturated heterocycles. The molecule has 10 heteroatoms. The lowest BCUT2D eigenvalue weighted by molar-refractivity contribution is -0.138. The fourth-order valence-electron chi connectivity index (χ4n) is 4.69. The minimum absolute atomic E-state index is 0.0638. The summed E-state index contributed by atoms with van der Waals surface area (Å²) in [5, 5.41) is 11.9. The van der Waals surface area contributed by atoms with Crippen LogP contribution in [-0.2, 0) is 11.0 Å². The molecule has 2 aliphatic rings. The molecule has 0 unspecified atom stereocenters. The van der Waals surface area contributed by atoms with Crippen molar-refractivity contribution in [2.24, 2.45) is 5.92 Å². The quantitative estimate of drug-likeness (QED) is 0.587. The van der Waals surface area contributed by atoms with Crippen LogP contribution in [0.3, 0.4) is 0 Å². The molecule has 7 nitrogen and oxygen atoms in total. The summed E-state index contributed by atoms with van der Waals surface area (Å²) in [6, 6.07) is 8.41. The topological polar surface area (TPSA) is 95.3 Å². The third-order valence-corrected chi connectivity index (χ3v) is 6.80. The lowest BCUT2D eigenvalue weighted by atomic mass is 9.92. The number of pyridine rings is 1. The number of rotatable bonds is 6. The smallest absolute Gasteiger partial charge is 0.417 e. The first-order valence-corrected chi connectivity index (χ1v) is 12.0. The first-order chi connectivity index (χ1) is 17.3. The zero-order valence-corrected chi connectivity index (χ0v) is 19.6. The maximum Gasteiger partial charge on any atom is 0.417 e. The molecule has 190 valence electrons. The van der Waals surface area contributed by atoms with Crippen molar-refractivity contribution in [1.82, 2.24) is 10.3 Å². The van der Waals surface area contributed by atoms with Crippen molar-refractivity contribution in [2.75, 3.05) is 18.0 Å². The van der Waals surface area contributed by atoms with Gasteiger partial charge >= 0.3 is 6.18 Å². The highest BCUT2D eigenvalue weighted by atomic mass is 19.4. The zero-order chi connectivity index (χ0) is 25.7. The fraction of sp³-hybridized carbons (Fsp3) is 0.462. The second-order valence-corrected chi connectivity index (χ2v) is 9.25. The number of piperidine rings is 1. The fourth-order valence-corrected chi connectivity index (χ4v) is 4.69. The summed E-state index contributed by atoms with van der Waals surface area (Å²) in [6.45, 7) is 1.51. The van der Waals surface area contributed by atoms with Crippen molar-refractivity contribution in [3.05, 3.63) is 53.2 Å². The number of hydrogen-bond acceptors (Lipinski definition) is 6. The van der Waals surface area contributed by atoms with Crippen molar-refractivity contribution in [2.45, 2.75) is 56.8 Å². The van der Waals surface area contributed by atoms with Gasteiger partial charge in [0.15, 0.2) is 0 Å². The van der Waals surface area contributed by atoms with Gasteiger partial charge in [0.2, 0.25) is 0 Å². The van der Waals surface area contributed by atoms with Gasteiger partial charge in [0.1, 0.15) is 17.9 Å². The van der Waals surface area contributed by atoms with E-state index in [4.69, 9.17) is 10.00 Å². The summed E-state index contributed by atoms with van der Waals surface area (Å²) in [5.41, 5.74) is -0.989. The Balaban J connectivity index is 1.26. The molecule has 1 aliphatic heterocycles. The lowest BCUT2D eigenvalue weighted by Gasteiger charge is -2.31. The van der Waals surface area contributed by atoms with Gasteiger partial charge in [-0.25, -0.2) is 4.98 Å². The molecule has 1 aromatic carbocycles. The summed E-state index contributed by atoms with van der Waals surface area (Å²) in [5.74, 6) is 0.744. The molecular formula is C26H27F3N4O3. The van der Waals surface area contributed by atoms with E-state index >= 15 is 0 Å². The predicted molar refractivity (Wildman–Crippen MR) is 126 cm³/mol. The second-order valence-electron chi connectivity index (χ2n) is 9.25. The van der Waals surface area contributed by atoms with Gasteiger partial charge in [0.05, 0.1) is 28.9 Å². The van der Waals surface area contributed by atoms with E-state index in [1.807, 2.05) is 6.07 Å². The number of hydrogen-bond donors (Lipinski definition) is 1. The average molecular weight is 501 g/mol. The van der Waals surface area contributed by atoms with Crippen LogP contribution in [0.2, 0.25) is 0 Å². The molecule has 1 saturated carbocycles. The van der Waals surface area contributed by atoms with E-state index in [0.717, 1.165) is 50.2 Å². The molecule has 0 radical (unpaired) electrons. The van der Waals surface area contributed by atoms with Crippen LogP contribution in [0.1, 0.15) is 60.0 Å². The highest BCUT2D eigenvalue weighted by Gasteiger charge is 2.34. The summed E-state index contributed by atoms with van der Waals surface area (Å²) in [6.07, 6.45) is 1.70. The molecule has 2 heterocycles. The molecule has 2 aromatic rings. The van der Waals surface area contributed by atoms with Gasteiger partial charge in [-0.1, -0.05) is 0 Å². The maximum atomic E-state index is 13.2. The van der Waals surface area contributed by atoms with E-state index in [1.165, 1.54) is 6.07 Å². The number of nitrogens with one attached hydrogen (secondary N) is 1. The molecule has 0 atom stereocenters. The van der Waals surface area contributed by atoms with Crippen LogP contribution in [0.15, 0.2) is 36.5 Å². The molecule has 1 N–H and O–H groups in total. The van der Waals surface area contributed by atoms with Crippen molar-refractivity contribution in [3.8, 4) is 11.8 Å². The largest absolute Gasteiger partial charge is 0.490 e. The maximum absolute atomic E-state index is 13.2. The van der Waals surface area contributed by atoms with Gasteiger partial charge in [0.25, 0.3) is 5.91 Å². The Hall–Kier alpha value is -3.61. The number of halogens is 3. The van der Waals surface area contributed by atoms with E-state index in [9.17, 15) is 22.8 Å². The number of alkyl halides is 3. The number of benzene rings is 1. The van der Waals surface area contributed by atoms with E-state index in [2.05, 4.69) is 15.2 Å². The van der Waals surface area contributed by atoms with Crippen LogP contribution in [0, 0.1) is 17.2 Å².